The van der Waals surface area contributed by atoms with Gasteiger partial charge in [0, 0.05) is 23.0 Å². The second-order valence-corrected chi connectivity index (χ2v) is 5.31. The molecule has 0 saturated heterocycles. The van der Waals surface area contributed by atoms with E-state index in [1.807, 2.05) is 12.1 Å². The van der Waals surface area contributed by atoms with Crippen molar-refractivity contribution in [2.75, 3.05) is 6.61 Å². The lowest BCUT2D eigenvalue weighted by Gasteiger charge is -2.22. The molecule has 0 aliphatic carbocycles. The summed E-state index contributed by atoms with van der Waals surface area (Å²) < 4.78 is 5.70. The minimum atomic E-state index is 0.0144. The molecule has 0 fully saturated rings. The fraction of sp³-hybridized carbons (Fsp3) is 0.571. The van der Waals surface area contributed by atoms with Crippen LogP contribution in [-0.4, -0.2) is 6.61 Å². The van der Waals surface area contributed by atoms with Crippen molar-refractivity contribution in [1.29, 1.82) is 0 Å². The van der Waals surface area contributed by atoms with Crippen LogP contribution in [0.5, 0.6) is 5.75 Å². The number of rotatable bonds is 4. The van der Waals surface area contributed by atoms with E-state index in [4.69, 9.17) is 22.1 Å². The van der Waals surface area contributed by atoms with Gasteiger partial charge in [0.05, 0.1) is 6.61 Å². The summed E-state index contributed by atoms with van der Waals surface area (Å²) in [5.41, 5.74) is 8.60. The number of ether oxygens (including phenoxy) is 1. The average Bonchev–Trinajstić information content (AvgIpc) is 2.75. The lowest BCUT2D eigenvalue weighted by Crippen LogP contribution is -2.19. The molecule has 2 nitrogen and oxygen atoms in total. The fourth-order valence-electron chi connectivity index (χ4n) is 2.49. The first-order chi connectivity index (χ1) is 8.13. The van der Waals surface area contributed by atoms with Crippen LogP contribution in [0.4, 0.5) is 0 Å². The summed E-state index contributed by atoms with van der Waals surface area (Å²) in [6, 6.07) is 3.97. The van der Waals surface area contributed by atoms with E-state index in [0.717, 1.165) is 42.2 Å². The molecule has 0 radical (unpaired) electrons. The molecule has 1 aromatic carbocycles. The van der Waals surface area contributed by atoms with E-state index in [1.54, 1.807) is 0 Å². The molecule has 2 rings (SSSR count). The monoisotopic (exact) mass is 253 g/mol. The van der Waals surface area contributed by atoms with Gasteiger partial charge in [-0.15, -0.1) is 0 Å². The van der Waals surface area contributed by atoms with Crippen molar-refractivity contribution in [3.8, 4) is 5.75 Å². The first-order valence-corrected chi connectivity index (χ1v) is 6.72. The predicted octanol–water partition coefficient (Wildman–Crippen LogP) is 3.71. The maximum absolute atomic E-state index is 6.33. The second kappa shape index (κ2) is 5.28. The van der Waals surface area contributed by atoms with E-state index in [-0.39, 0.29) is 6.04 Å². The first-order valence-electron chi connectivity index (χ1n) is 6.34. The summed E-state index contributed by atoms with van der Waals surface area (Å²) in [5.74, 6) is 1.43. The highest BCUT2D eigenvalue weighted by molar-refractivity contribution is 6.30. The Kier molecular flexibility index (Phi) is 3.95. The molecule has 0 saturated carbocycles. The first kappa shape index (κ1) is 12.7. The normalized spacial score (nSPS) is 17.4. The zero-order valence-electron chi connectivity index (χ0n) is 10.5. The molecule has 2 atom stereocenters. The molecule has 17 heavy (non-hydrogen) atoms. The molecular weight excluding hydrogens is 234 g/mol. The number of halogens is 1. The molecule has 0 spiro atoms. The maximum atomic E-state index is 6.33. The molecule has 1 aliphatic rings. The van der Waals surface area contributed by atoms with Gasteiger partial charge < -0.3 is 10.5 Å². The van der Waals surface area contributed by atoms with Crippen LogP contribution in [0.3, 0.4) is 0 Å². The molecule has 0 bridgehead atoms. The van der Waals surface area contributed by atoms with Crippen molar-refractivity contribution in [3.05, 3.63) is 28.3 Å². The van der Waals surface area contributed by atoms with Crippen molar-refractivity contribution < 1.29 is 4.74 Å². The van der Waals surface area contributed by atoms with Crippen molar-refractivity contribution in [2.24, 2.45) is 11.7 Å². The Labute approximate surface area is 108 Å². The third kappa shape index (κ3) is 2.58. The van der Waals surface area contributed by atoms with Crippen molar-refractivity contribution >= 4 is 11.6 Å². The molecule has 1 heterocycles. The number of benzene rings is 1. The quantitative estimate of drug-likeness (QED) is 0.888. The zero-order chi connectivity index (χ0) is 12.4. The lowest BCUT2D eigenvalue weighted by molar-refractivity contribution is 0.343. The van der Waals surface area contributed by atoms with Crippen molar-refractivity contribution in [2.45, 2.75) is 39.2 Å². The molecule has 94 valence electrons. The minimum absolute atomic E-state index is 0.0144. The number of nitrogens with two attached hydrogens (primary N) is 1. The van der Waals surface area contributed by atoms with Crippen LogP contribution in [0.25, 0.3) is 0 Å². The Balaban J connectivity index is 2.31. The highest BCUT2D eigenvalue weighted by Gasteiger charge is 2.24. The van der Waals surface area contributed by atoms with Crippen LogP contribution < -0.4 is 10.5 Å². The highest BCUT2D eigenvalue weighted by Crippen LogP contribution is 2.38. The fourth-order valence-corrected chi connectivity index (χ4v) is 2.74. The van der Waals surface area contributed by atoms with Crippen LogP contribution >= 0.6 is 11.6 Å². The van der Waals surface area contributed by atoms with Gasteiger partial charge in [0.25, 0.3) is 0 Å². The van der Waals surface area contributed by atoms with Gasteiger partial charge >= 0.3 is 0 Å². The van der Waals surface area contributed by atoms with E-state index < -0.39 is 0 Å². The van der Waals surface area contributed by atoms with Crippen LogP contribution in [0.1, 0.15) is 43.9 Å². The molecular formula is C14H20ClNO. The Morgan fingerprint density at radius 1 is 1.47 bits per heavy atom. The maximum Gasteiger partial charge on any atom is 0.127 e. The molecule has 1 aromatic rings. The molecule has 0 amide bonds. The highest BCUT2D eigenvalue weighted by atomic mass is 35.5. The van der Waals surface area contributed by atoms with E-state index in [2.05, 4.69) is 13.8 Å². The molecule has 3 heteroatoms. The van der Waals surface area contributed by atoms with Crippen molar-refractivity contribution in [3.63, 3.8) is 0 Å². The summed E-state index contributed by atoms with van der Waals surface area (Å²) in [5, 5.41) is 0.767. The van der Waals surface area contributed by atoms with Gasteiger partial charge in [-0.3, -0.25) is 0 Å². The van der Waals surface area contributed by atoms with Crippen LogP contribution in [0.2, 0.25) is 5.02 Å². The van der Waals surface area contributed by atoms with Gasteiger partial charge in [0.1, 0.15) is 5.75 Å². The van der Waals surface area contributed by atoms with E-state index in [1.165, 1.54) is 5.56 Å². The Morgan fingerprint density at radius 3 is 2.94 bits per heavy atom. The van der Waals surface area contributed by atoms with Crippen LogP contribution in [0.15, 0.2) is 12.1 Å². The van der Waals surface area contributed by atoms with E-state index >= 15 is 0 Å². The van der Waals surface area contributed by atoms with Gasteiger partial charge in [-0.05, 0) is 30.0 Å². The standard InChI is InChI=1S/C14H20ClNO/c1-3-4-9(2)13(16)12-8-11(15)7-10-5-6-17-14(10)12/h7-9,13H,3-6,16H2,1-2H3. The van der Waals surface area contributed by atoms with Gasteiger partial charge in [0.2, 0.25) is 0 Å². The summed E-state index contributed by atoms with van der Waals surface area (Å²) in [6.45, 7) is 5.12. The zero-order valence-corrected chi connectivity index (χ0v) is 11.3. The summed E-state index contributed by atoms with van der Waals surface area (Å²) in [7, 11) is 0. The summed E-state index contributed by atoms with van der Waals surface area (Å²) >= 11 is 6.14. The van der Waals surface area contributed by atoms with E-state index in [9.17, 15) is 0 Å². The topological polar surface area (TPSA) is 35.2 Å². The third-order valence-corrected chi connectivity index (χ3v) is 3.71. The van der Waals surface area contributed by atoms with Crippen molar-refractivity contribution in [1.82, 2.24) is 0 Å². The van der Waals surface area contributed by atoms with Gasteiger partial charge in [-0.25, -0.2) is 0 Å². The smallest absolute Gasteiger partial charge is 0.127 e. The van der Waals surface area contributed by atoms with Gasteiger partial charge in [-0.1, -0.05) is 31.9 Å². The summed E-state index contributed by atoms with van der Waals surface area (Å²) in [6.07, 6.45) is 3.22. The Bertz CT molecular complexity index is 405. The lowest BCUT2D eigenvalue weighted by atomic mass is 9.90. The largest absolute Gasteiger partial charge is 0.493 e. The summed E-state index contributed by atoms with van der Waals surface area (Å²) in [4.78, 5) is 0. The molecule has 2 unspecified atom stereocenters. The molecule has 2 N–H and O–H groups in total. The molecule has 0 aromatic heterocycles. The van der Waals surface area contributed by atoms with E-state index in [0.29, 0.717) is 5.92 Å². The van der Waals surface area contributed by atoms with Crippen LogP contribution in [0, 0.1) is 5.92 Å². The van der Waals surface area contributed by atoms with Gasteiger partial charge in [-0.2, -0.15) is 0 Å². The third-order valence-electron chi connectivity index (χ3n) is 3.49. The minimum Gasteiger partial charge on any atom is -0.493 e. The number of hydrogen-bond donors (Lipinski definition) is 1. The second-order valence-electron chi connectivity index (χ2n) is 4.87. The predicted molar refractivity (Wildman–Crippen MR) is 71.7 cm³/mol. The molecule has 1 aliphatic heterocycles. The Hall–Kier alpha value is -0.730. The Morgan fingerprint density at radius 2 is 2.24 bits per heavy atom. The van der Waals surface area contributed by atoms with Crippen LogP contribution in [-0.2, 0) is 6.42 Å². The number of fused-ring (bicyclic) bond motifs is 1. The SMILES string of the molecule is CCCC(C)C(N)c1cc(Cl)cc2c1OCC2. The van der Waals surface area contributed by atoms with Gasteiger partial charge in [0.15, 0.2) is 0 Å². The average molecular weight is 254 g/mol. The number of hydrogen-bond acceptors (Lipinski definition) is 2.